The maximum atomic E-state index is 8.45. The van der Waals surface area contributed by atoms with Crippen molar-refractivity contribution in [1.82, 2.24) is 5.48 Å². The van der Waals surface area contributed by atoms with Crippen molar-refractivity contribution in [3.05, 3.63) is 0 Å². The zero-order valence-corrected chi connectivity index (χ0v) is 6.68. The lowest BCUT2D eigenvalue weighted by Gasteiger charge is -2.20. The fourth-order valence-corrected chi connectivity index (χ4v) is 0.930. The summed E-state index contributed by atoms with van der Waals surface area (Å²) in [6.45, 7) is 6.42. The molecule has 0 saturated carbocycles. The summed E-state index contributed by atoms with van der Waals surface area (Å²) >= 11 is 0. The Bertz CT molecular complexity index is 163. The summed E-state index contributed by atoms with van der Waals surface area (Å²) in [6, 6.07) is 0.225. The van der Waals surface area contributed by atoms with Crippen LogP contribution in [-0.2, 0) is 0 Å². The predicted molar refractivity (Wildman–Crippen MR) is 40.2 cm³/mol. The van der Waals surface area contributed by atoms with Crippen LogP contribution in [-0.4, -0.2) is 17.1 Å². The van der Waals surface area contributed by atoms with Crippen molar-refractivity contribution in [1.29, 1.82) is 0 Å². The summed E-state index contributed by atoms with van der Waals surface area (Å²) in [6.07, 6.45) is 1.08. The van der Waals surface area contributed by atoms with Crippen LogP contribution in [0.5, 0.6) is 0 Å². The van der Waals surface area contributed by atoms with E-state index in [1.807, 2.05) is 0 Å². The number of hydrogen-bond acceptors (Lipinski definition) is 3. The van der Waals surface area contributed by atoms with E-state index < -0.39 is 0 Å². The third kappa shape index (κ3) is 1.14. The first-order chi connectivity index (χ1) is 4.61. The number of amidine groups is 1. The minimum Gasteiger partial charge on any atom is -0.290 e. The Balaban J connectivity index is 2.41. The summed E-state index contributed by atoms with van der Waals surface area (Å²) in [7, 11) is 0. The van der Waals surface area contributed by atoms with Crippen LogP contribution >= 0.6 is 0 Å². The zero-order valence-electron chi connectivity index (χ0n) is 6.68. The van der Waals surface area contributed by atoms with Crippen molar-refractivity contribution in [2.45, 2.75) is 33.2 Å². The Morgan fingerprint density at radius 2 is 2.30 bits per heavy atom. The van der Waals surface area contributed by atoms with Crippen molar-refractivity contribution < 1.29 is 5.21 Å². The van der Waals surface area contributed by atoms with Crippen LogP contribution in [0.15, 0.2) is 4.99 Å². The lowest BCUT2D eigenvalue weighted by atomic mass is 9.85. The Kier molecular flexibility index (Phi) is 1.68. The highest BCUT2D eigenvalue weighted by molar-refractivity contribution is 5.98. The van der Waals surface area contributed by atoms with Crippen LogP contribution in [0.1, 0.15) is 27.2 Å². The lowest BCUT2D eigenvalue weighted by molar-refractivity contribution is 0.231. The summed E-state index contributed by atoms with van der Waals surface area (Å²) < 4.78 is 0. The van der Waals surface area contributed by atoms with Gasteiger partial charge in [0.15, 0.2) is 0 Å². The van der Waals surface area contributed by atoms with Gasteiger partial charge >= 0.3 is 0 Å². The molecular weight excluding hydrogens is 128 g/mol. The van der Waals surface area contributed by atoms with Crippen molar-refractivity contribution >= 4 is 5.84 Å². The summed E-state index contributed by atoms with van der Waals surface area (Å²) in [4.78, 5) is 4.07. The Hall–Kier alpha value is -0.570. The Morgan fingerprint density at radius 3 is 2.60 bits per heavy atom. The van der Waals surface area contributed by atoms with Gasteiger partial charge in [0.05, 0.1) is 0 Å². The molecule has 0 radical (unpaired) electrons. The van der Waals surface area contributed by atoms with Gasteiger partial charge in [0.2, 0.25) is 0 Å². The average molecular weight is 142 g/mol. The van der Waals surface area contributed by atoms with Gasteiger partial charge in [-0.15, -0.1) is 0 Å². The minimum atomic E-state index is 0.199. The molecule has 3 nitrogen and oxygen atoms in total. The van der Waals surface area contributed by atoms with Crippen LogP contribution in [0.3, 0.4) is 0 Å². The van der Waals surface area contributed by atoms with Gasteiger partial charge in [-0.2, -0.15) is 0 Å². The summed E-state index contributed by atoms with van der Waals surface area (Å²) in [5, 5.41) is 8.45. The average Bonchev–Trinajstić information content (AvgIpc) is 2.66. The molecule has 0 aromatic heterocycles. The molecule has 0 fully saturated rings. The molecule has 0 saturated heterocycles. The number of nitrogens with zero attached hydrogens (tertiary/aromatic N) is 1. The second kappa shape index (κ2) is 2.23. The van der Waals surface area contributed by atoms with E-state index in [2.05, 4.69) is 31.2 Å². The third-order valence-corrected chi connectivity index (χ3v) is 2.23. The zero-order chi connectivity index (χ0) is 7.78. The highest BCUT2D eigenvalue weighted by atomic mass is 16.5. The van der Waals surface area contributed by atoms with Crippen LogP contribution in [0.4, 0.5) is 0 Å². The van der Waals surface area contributed by atoms with Crippen molar-refractivity contribution in [2.24, 2.45) is 10.4 Å². The molecule has 1 unspecified atom stereocenters. The van der Waals surface area contributed by atoms with Gasteiger partial charge in [0.1, 0.15) is 11.9 Å². The molecule has 0 aromatic rings. The normalized spacial score (nSPS) is 24.0. The fraction of sp³-hybridized carbons (Fsp3) is 0.857. The first-order valence-corrected chi connectivity index (χ1v) is 3.59. The van der Waals surface area contributed by atoms with Gasteiger partial charge < -0.3 is 0 Å². The Labute approximate surface area is 61.1 Å². The molecule has 0 aromatic carbocycles. The topological polar surface area (TPSA) is 44.6 Å². The van der Waals surface area contributed by atoms with Gasteiger partial charge in [0, 0.05) is 0 Å². The third-order valence-electron chi connectivity index (χ3n) is 2.23. The molecule has 3 heteroatoms. The lowest BCUT2D eigenvalue weighted by Crippen LogP contribution is -2.27. The van der Waals surface area contributed by atoms with E-state index in [-0.39, 0.29) is 11.5 Å². The van der Waals surface area contributed by atoms with Gasteiger partial charge in [-0.1, -0.05) is 20.8 Å². The molecule has 58 valence electrons. The molecule has 0 spiro atoms. The van der Waals surface area contributed by atoms with E-state index in [4.69, 9.17) is 5.21 Å². The highest BCUT2D eigenvalue weighted by Crippen LogP contribution is 2.34. The van der Waals surface area contributed by atoms with E-state index >= 15 is 0 Å². The molecule has 1 rings (SSSR count). The van der Waals surface area contributed by atoms with Crippen LogP contribution < -0.4 is 5.48 Å². The van der Waals surface area contributed by atoms with E-state index in [1.165, 1.54) is 0 Å². The second-order valence-electron chi connectivity index (χ2n) is 3.37. The SMILES string of the molecule is CCC(C)(C)C1N=C1NO. The van der Waals surface area contributed by atoms with Crippen molar-refractivity contribution in [2.75, 3.05) is 0 Å². The van der Waals surface area contributed by atoms with Crippen LogP contribution in [0, 0.1) is 5.41 Å². The maximum absolute atomic E-state index is 8.45. The monoisotopic (exact) mass is 142 g/mol. The molecule has 1 aliphatic heterocycles. The molecule has 0 aliphatic carbocycles. The number of nitrogens with one attached hydrogen (secondary N) is 1. The van der Waals surface area contributed by atoms with Gasteiger partial charge in [0.25, 0.3) is 0 Å². The van der Waals surface area contributed by atoms with E-state index in [0.29, 0.717) is 0 Å². The molecule has 1 atom stereocenters. The molecule has 0 bridgehead atoms. The quantitative estimate of drug-likeness (QED) is 0.569. The second-order valence-corrected chi connectivity index (χ2v) is 3.37. The summed E-state index contributed by atoms with van der Waals surface area (Å²) in [5.41, 5.74) is 2.28. The van der Waals surface area contributed by atoms with E-state index in [9.17, 15) is 0 Å². The smallest absolute Gasteiger partial charge is 0.147 e. The standard InChI is InChI=1S/C7H14N2O/c1-4-7(2,3)5-6(8-5)9-10/h5,10H,4H2,1-3H3,(H,8,9). The number of rotatable bonds is 2. The first kappa shape index (κ1) is 7.54. The highest BCUT2D eigenvalue weighted by Gasteiger charge is 2.40. The van der Waals surface area contributed by atoms with Gasteiger partial charge in [-0.25, -0.2) is 0 Å². The predicted octanol–water partition coefficient (Wildman–Crippen LogP) is 1.18. The number of hydrogen-bond donors (Lipinski definition) is 2. The van der Waals surface area contributed by atoms with Crippen LogP contribution in [0.25, 0.3) is 0 Å². The molecule has 10 heavy (non-hydrogen) atoms. The Morgan fingerprint density at radius 1 is 1.70 bits per heavy atom. The first-order valence-electron chi connectivity index (χ1n) is 3.59. The van der Waals surface area contributed by atoms with Crippen molar-refractivity contribution in [3.63, 3.8) is 0 Å². The van der Waals surface area contributed by atoms with Crippen LogP contribution in [0.2, 0.25) is 0 Å². The molecule has 2 N–H and O–H groups in total. The van der Waals surface area contributed by atoms with E-state index in [0.717, 1.165) is 12.3 Å². The van der Waals surface area contributed by atoms with Crippen molar-refractivity contribution in [3.8, 4) is 0 Å². The fourth-order valence-electron chi connectivity index (χ4n) is 0.930. The molecule has 1 aliphatic rings. The number of hydroxylamine groups is 1. The van der Waals surface area contributed by atoms with Gasteiger partial charge in [-0.05, 0) is 11.8 Å². The van der Waals surface area contributed by atoms with Gasteiger partial charge in [-0.3, -0.25) is 15.7 Å². The summed E-state index contributed by atoms with van der Waals surface area (Å²) in [5.74, 6) is 0.729. The molecule has 1 heterocycles. The largest absolute Gasteiger partial charge is 0.290 e. The molecular formula is C7H14N2O. The van der Waals surface area contributed by atoms with E-state index in [1.54, 1.807) is 0 Å². The minimum absolute atomic E-state index is 0.199. The number of aliphatic imine (C=N–C) groups is 1. The maximum Gasteiger partial charge on any atom is 0.147 e. The molecule has 0 amide bonds.